The molecule has 4 fully saturated rings. The molecule has 11 heavy (non-hydrogen) atoms. The Hall–Kier alpha value is 0. The van der Waals surface area contributed by atoms with E-state index >= 15 is 0 Å². The first kappa shape index (κ1) is 6.51. The fraction of sp³-hybridized carbons (Fsp3) is 1.00. The molecule has 0 radical (unpaired) electrons. The molecule has 0 N–H and O–H groups in total. The lowest BCUT2D eigenvalue weighted by molar-refractivity contribution is 0.121. The van der Waals surface area contributed by atoms with E-state index in [1.54, 1.807) is 38.5 Å². The van der Waals surface area contributed by atoms with Crippen molar-refractivity contribution in [3.63, 3.8) is 0 Å². The number of fused-ring (bicyclic) bond motifs is 1. The highest BCUT2D eigenvalue weighted by atomic mass is 14.6. The minimum absolute atomic E-state index is 0.903. The van der Waals surface area contributed by atoms with Gasteiger partial charge >= 0.3 is 0 Å². The van der Waals surface area contributed by atoms with Crippen LogP contribution < -0.4 is 0 Å². The van der Waals surface area contributed by atoms with E-state index in [0.717, 1.165) is 17.3 Å². The van der Waals surface area contributed by atoms with Crippen molar-refractivity contribution >= 4 is 0 Å². The zero-order valence-electron chi connectivity index (χ0n) is 7.47. The van der Waals surface area contributed by atoms with Crippen molar-refractivity contribution in [1.82, 2.24) is 0 Å². The van der Waals surface area contributed by atoms with Gasteiger partial charge in [-0.25, -0.2) is 0 Å². The zero-order valence-corrected chi connectivity index (χ0v) is 7.47. The molecule has 0 aromatic rings. The highest BCUT2D eigenvalue weighted by Gasteiger charge is 2.52. The summed E-state index contributed by atoms with van der Waals surface area (Å²) in [4.78, 5) is 0. The van der Waals surface area contributed by atoms with E-state index in [2.05, 4.69) is 6.92 Å². The van der Waals surface area contributed by atoms with Crippen molar-refractivity contribution in [2.45, 2.75) is 45.4 Å². The highest BCUT2D eigenvalue weighted by Crippen LogP contribution is 2.64. The average molecular weight is 150 g/mol. The van der Waals surface area contributed by atoms with Crippen molar-refractivity contribution in [3.8, 4) is 0 Å². The molecule has 4 saturated carbocycles. The largest absolute Gasteiger partial charge is 0.0622 e. The maximum atomic E-state index is 2.42. The van der Waals surface area contributed by atoms with E-state index in [-0.39, 0.29) is 0 Å². The van der Waals surface area contributed by atoms with Gasteiger partial charge in [0.1, 0.15) is 0 Å². The van der Waals surface area contributed by atoms with Crippen LogP contribution in [0.4, 0.5) is 0 Å². The summed E-state index contributed by atoms with van der Waals surface area (Å²) in [7, 11) is 0. The second-order valence-corrected chi connectivity index (χ2v) is 5.49. The monoisotopic (exact) mass is 150 g/mol. The summed E-state index contributed by atoms with van der Waals surface area (Å²) in [6.07, 6.45) is 9.52. The molecule has 0 heteroatoms. The minimum Gasteiger partial charge on any atom is -0.0622 e. The van der Waals surface area contributed by atoms with Gasteiger partial charge < -0.3 is 0 Å². The highest BCUT2D eigenvalue weighted by molar-refractivity contribution is 5.03. The van der Waals surface area contributed by atoms with E-state index in [0.29, 0.717) is 0 Å². The predicted octanol–water partition coefficient (Wildman–Crippen LogP) is 3.22. The SMILES string of the molecule is CC1CC1CC12CCC(C1)C2. The van der Waals surface area contributed by atoms with Gasteiger partial charge in [0.25, 0.3) is 0 Å². The van der Waals surface area contributed by atoms with Crippen LogP contribution in [0.25, 0.3) is 0 Å². The van der Waals surface area contributed by atoms with Crippen LogP contribution in [-0.2, 0) is 0 Å². The molecule has 0 amide bonds. The second-order valence-electron chi connectivity index (χ2n) is 5.49. The summed E-state index contributed by atoms with van der Waals surface area (Å²) in [6.45, 7) is 2.42. The second kappa shape index (κ2) is 1.84. The summed E-state index contributed by atoms with van der Waals surface area (Å²) in [5.41, 5.74) is 0.903. The van der Waals surface area contributed by atoms with Gasteiger partial charge in [0.05, 0.1) is 0 Å². The van der Waals surface area contributed by atoms with Gasteiger partial charge in [-0.2, -0.15) is 0 Å². The van der Waals surface area contributed by atoms with E-state index in [1.165, 1.54) is 5.92 Å². The topological polar surface area (TPSA) is 0 Å². The summed E-state index contributed by atoms with van der Waals surface area (Å²) in [6, 6.07) is 0. The van der Waals surface area contributed by atoms with Crippen LogP contribution in [0.5, 0.6) is 0 Å². The molecule has 2 atom stereocenters. The Morgan fingerprint density at radius 2 is 2.09 bits per heavy atom. The number of rotatable bonds is 2. The van der Waals surface area contributed by atoms with Crippen molar-refractivity contribution in [3.05, 3.63) is 0 Å². The smallest absolute Gasteiger partial charge is 0.0289 e. The number of hydrogen-bond donors (Lipinski definition) is 0. The van der Waals surface area contributed by atoms with E-state index in [4.69, 9.17) is 0 Å². The normalized spacial score (nSPS) is 59.2. The Morgan fingerprint density at radius 3 is 2.55 bits per heavy atom. The first-order valence-corrected chi connectivity index (χ1v) is 5.27. The summed E-state index contributed by atoms with van der Waals surface area (Å²) in [5, 5.41) is 0. The molecule has 4 rings (SSSR count). The van der Waals surface area contributed by atoms with E-state index < -0.39 is 0 Å². The Balaban J connectivity index is 1.63. The molecular weight excluding hydrogens is 132 g/mol. The molecule has 0 aliphatic heterocycles. The van der Waals surface area contributed by atoms with Crippen LogP contribution in [0.3, 0.4) is 0 Å². The van der Waals surface area contributed by atoms with Crippen LogP contribution in [0.15, 0.2) is 0 Å². The van der Waals surface area contributed by atoms with E-state index in [9.17, 15) is 0 Å². The molecule has 0 heterocycles. The van der Waals surface area contributed by atoms with Crippen LogP contribution >= 0.6 is 0 Å². The molecule has 0 saturated heterocycles. The molecule has 0 nitrogen and oxygen atoms in total. The maximum Gasteiger partial charge on any atom is -0.0289 e. The van der Waals surface area contributed by atoms with Gasteiger partial charge in [-0.05, 0) is 61.7 Å². The van der Waals surface area contributed by atoms with Crippen molar-refractivity contribution in [2.24, 2.45) is 23.2 Å². The number of hydrogen-bond acceptors (Lipinski definition) is 0. The molecule has 62 valence electrons. The Labute approximate surface area is 69.4 Å². The minimum atomic E-state index is 0.903. The molecule has 4 aliphatic carbocycles. The first-order valence-electron chi connectivity index (χ1n) is 5.27. The Morgan fingerprint density at radius 1 is 1.36 bits per heavy atom. The van der Waals surface area contributed by atoms with Crippen molar-refractivity contribution in [2.75, 3.05) is 0 Å². The van der Waals surface area contributed by atoms with Gasteiger partial charge in [-0.15, -0.1) is 0 Å². The summed E-state index contributed by atoms with van der Waals surface area (Å²) >= 11 is 0. The van der Waals surface area contributed by atoms with Crippen LogP contribution in [0.1, 0.15) is 45.4 Å². The molecule has 2 unspecified atom stereocenters. The maximum absolute atomic E-state index is 2.42. The van der Waals surface area contributed by atoms with Gasteiger partial charge in [-0.3, -0.25) is 0 Å². The average Bonchev–Trinajstić information content (AvgIpc) is 2.40. The first-order chi connectivity index (χ1) is 5.27. The lowest BCUT2D eigenvalue weighted by Crippen LogP contribution is -2.28. The van der Waals surface area contributed by atoms with Gasteiger partial charge in [-0.1, -0.05) is 6.92 Å². The third-order valence-electron chi connectivity index (χ3n) is 4.50. The Bertz CT molecular complexity index is 171. The molecular formula is C11H18. The molecule has 2 bridgehead atoms. The predicted molar refractivity (Wildman–Crippen MR) is 46.3 cm³/mol. The quantitative estimate of drug-likeness (QED) is 0.567. The lowest BCUT2D eigenvalue weighted by Gasteiger charge is -2.38. The lowest BCUT2D eigenvalue weighted by atomic mass is 9.66. The molecule has 0 spiro atoms. The van der Waals surface area contributed by atoms with Crippen LogP contribution in [0.2, 0.25) is 0 Å². The summed E-state index contributed by atoms with van der Waals surface area (Å²) < 4.78 is 0. The van der Waals surface area contributed by atoms with Gasteiger partial charge in [0.15, 0.2) is 0 Å². The van der Waals surface area contributed by atoms with Gasteiger partial charge in [0, 0.05) is 0 Å². The van der Waals surface area contributed by atoms with Crippen LogP contribution in [-0.4, -0.2) is 0 Å². The van der Waals surface area contributed by atoms with Crippen LogP contribution in [0, 0.1) is 23.2 Å². The standard InChI is InChI=1S/C11H18/c1-8-4-10(8)7-11-3-2-9(5-11)6-11/h8-10H,2-7H2,1H3. The Kier molecular flexibility index (Phi) is 1.09. The molecule has 0 aromatic carbocycles. The fourth-order valence-electron chi connectivity index (χ4n) is 3.59. The third kappa shape index (κ3) is 0.878. The summed E-state index contributed by atoms with van der Waals surface area (Å²) in [5.74, 6) is 3.40. The van der Waals surface area contributed by atoms with E-state index in [1.807, 2.05) is 0 Å². The van der Waals surface area contributed by atoms with Crippen molar-refractivity contribution in [1.29, 1.82) is 0 Å². The molecule has 0 aromatic heterocycles. The third-order valence-corrected chi connectivity index (χ3v) is 4.50. The van der Waals surface area contributed by atoms with Gasteiger partial charge in [0.2, 0.25) is 0 Å². The molecule has 4 aliphatic rings. The zero-order chi connectivity index (χ0) is 7.47. The van der Waals surface area contributed by atoms with Crippen molar-refractivity contribution < 1.29 is 0 Å². The fourth-order valence-corrected chi connectivity index (χ4v) is 3.59.